The molecule has 8 nitrogen and oxygen atoms in total. The minimum absolute atomic E-state index is 0.00169. The largest absolute Gasteiger partial charge is 0.497 e. The molecule has 0 spiro atoms. The van der Waals surface area contributed by atoms with Crippen molar-refractivity contribution in [3.63, 3.8) is 0 Å². The predicted molar refractivity (Wildman–Crippen MR) is 183 cm³/mol. The fraction of sp³-hybridized carbons (Fsp3) is 0.257. The highest BCUT2D eigenvalue weighted by molar-refractivity contribution is 7.92. The normalized spacial score (nSPS) is 12.0. The van der Waals surface area contributed by atoms with Gasteiger partial charge in [0.2, 0.25) is 11.8 Å². The lowest BCUT2D eigenvalue weighted by atomic mass is 10.0. The number of amides is 2. The van der Waals surface area contributed by atoms with Gasteiger partial charge in [-0.05, 0) is 47.9 Å². The number of nitrogens with zero attached hydrogens (tertiary/aromatic N) is 2. The molecule has 1 N–H and O–H groups in total. The van der Waals surface area contributed by atoms with Gasteiger partial charge in [-0.15, -0.1) is 0 Å². The minimum Gasteiger partial charge on any atom is -0.497 e. The summed E-state index contributed by atoms with van der Waals surface area (Å²) in [7, 11) is -2.77. The van der Waals surface area contributed by atoms with Gasteiger partial charge in [-0.2, -0.15) is 0 Å². The van der Waals surface area contributed by atoms with E-state index >= 15 is 0 Å². The average Bonchev–Trinajstić information content (AvgIpc) is 3.06. The topological polar surface area (TPSA) is 96.0 Å². The zero-order valence-corrected chi connectivity index (χ0v) is 28.2. The molecule has 0 aliphatic heterocycles. The third kappa shape index (κ3) is 8.81. The minimum atomic E-state index is -4.25. The first-order valence-electron chi connectivity index (χ1n) is 14.8. The quantitative estimate of drug-likeness (QED) is 0.162. The number of benzene rings is 4. The summed E-state index contributed by atoms with van der Waals surface area (Å²) < 4.78 is 34.6. The maximum atomic E-state index is 14.6. The van der Waals surface area contributed by atoms with Gasteiger partial charge in [-0.1, -0.05) is 97.7 Å². The van der Waals surface area contributed by atoms with Crippen LogP contribution in [0.25, 0.3) is 0 Å². The predicted octanol–water partition coefficient (Wildman–Crippen LogP) is 6.61. The van der Waals surface area contributed by atoms with Gasteiger partial charge < -0.3 is 15.0 Å². The van der Waals surface area contributed by atoms with Crippen LogP contribution in [0.1, 0.15) is 25.0 Å². The number of ether oxygens (including phenoxy) is 1. The van der Waals surface area contributed by atoms with Crippen molar-refractivity contribution in [2.75, 3.05) is 24.5 Å². The molecule has 46 heavy (non-hydrogen) atoms. The number of nitrogens with one attached hydrogen (secondary N) is 1. The average molecular weight is 683 g/mol. The van der Waals surface area contributed by atoms with Crippen LogP contribution in [0.5, 0.6) is 5.75 Å². The van der Waals surface area contributed by atoms with Gasteiger partial charge in [0.15, 0.2) is 0 Å². The van der Waals surface area contributed by atoms with Crippen molar-refractivity contribution in [1.29, 1.82) is 0 Å². The van der Waals surface area contributed by atoms with Crippen LogP contribution >= 0.6 is 23.2 Å². The highest BCUT2D eigenvalue weighted by atomic mass is 35.5. The number of hydrogen-bond donors (Lipinski definition) is 1. The highest BCUT2D eigenvalue weighted by Crippen LogP contribution is 2.30. The first-order chi connectivity index (χ1) is 22.0. The molecule has 4 aromatic carbocycles. The molecular formula is C35H37Cl2N3O5S. The molecular weight excluding hydrogens is 645 g/mol. The summed E-state index contributed by atoms with van der Waals surface area (Å²) in [6, 6.07) is 27.6. The van der Waals surface area contributed by atoms with Gasteiger partial charge in [-0.3, -0.25) is 13.9 Å². The standard InChI is InChI=1S/C35H37Cl2N3O5S/c1-25(2)22-38-35(42)33(20-26-12-6-4-7-13-26)39(23-30-31(36)18-11-19-32(30)37)34(41)24-40(27-14-10-15-28(21-27)45-3)46(43,44)29-16-8-5-9-17-29/h4-19,21,25,33H,20,22-24H2,1-3H3,(H,38,42)/t33-/m1/s1. The number of halogens is 2. The fourth-order valence-corrected chi connectivity index (χ4v) is 6.79. The number of rotatable bonds is 14. The number of hydrogen-bond acceptors (Lipinski definition) is 5. The van der Waals surface area contributed by atoms with Gasteiger partial charge in [0.05, 0.1) is 17.7 Å². The van der Waals surface area contributed by atoms with E-state index < -0.39 is 28.5 Å². The molecule has 0 aromatic heterocycles. The Morgan fingerprint density at radius 2 is 1.46 bits per heavy atom. The molecule has 4 aromatic rings. The van der Waals surface area contributed by atoms with E-state index in [1.807, 2.05) is 44.2 Å². The van der Waals surface area contributed by atoms with E-state index in [1.165, 1.54) is 24.1 Å². The molecule has 4 rings (SSSR count). The summed E-state index contributed by atoms with van der Waals surface area (Å²) in [4.78, 5) is 29.8. The van der Waals surface area contributed by atoms with Crippen LogP contribution in [0.3, 0.4) is 0 Å². The molecule has 0 bridgehead atoms. The Morgan fingerprint density at radius 1 is 0.848 bits per heavy atom. The summed E-state index contributed by atoms with van der Waals surface area (Å²) in [5.41, 5.74) is 1.47. The Balaban J connectivity index is 1.84. The number of anilines is 1. The van der Waals surface area contributed by atoms with Gasteiger partial charge in [-0.25, -0.2) is 8.42 Å². The molecule has 1 atom stereocenters. The van der Waals surface area contributed by atoms with E-state index in [9.17, 15) is 18.0 Å². The van der Waals surface area contributed by atoms with Crippen molar-refractivity contribution in [3.8, 4) is 5.75 Å². The molecule has 11 heteroatoms. The Kier molecular flexibility index (Phi) is 12.1. The first-order valence-corrected chi connectivity index (χ1v) is 17.0. The summed E-state index contributed by atoms with van der Waals surface area (Å²) in [6.07, 6.45) is 0.170. The summed E-state index contributed by atoms with van der Waals surface area (Å²) in [6.45, 7) is 3.58. The number of methoxy groups -OCH3 is 1. The van der Waals surface area contributed by atoms with Crippen molar-refractivity contribution >= 4 is 50.7 Å². The van der Waals surface area contributed by atoms with Crippen LogP contribution in [-0.2, 0) is 32.6 Å². The Morgan fingerprint density at radius 3 is 2.07 bits per heavy atom. The van der Waals surface area contributed by atoms with Crippen molar-refractivity contribution in [3.05, 3.63) is 124 Å². The molecule has 0 aliphatic rings. The zero-order chi connectivity index (χ0) is 33.3. The summed E-state index contributed by atoms with van der Waals surface area (Å²) in [5, 5.41) is 3.59. The van der Waals surface area contributed by atoms with Crippen LogP contribution < -0.4 is 14.4 Å². The lowest BCUT2D eigenvalue weighted by molar-refractivity contribution is -0.140. The third-order valence-electron chi connectivity index (χ3n) is 7.30. The lowest BCUT2D eigenvalue weighted by Crippen LogP contribution is -2.53. The van der Waals surface area contributed by atoms with Crippen LogP contribution in [0.4, 0.5) is 5.69 Å². The molecule has 0 unspecified atom stereocenters. The lowest BCUT2D eigenvalue weighted by Gasteiger charge is -2.34. The van der Waals surface area contributed by atoms with Crippen molar-refractivity contribution in [2.24, 2.45) is 5.92 Å². The van der Waals surface area contributed by atoms with E-state index in [1.54, 1.807) is 60.7 Å². The monoisotopic (exact) mass is 681 g/mol. The van der Waals surface area contributed by atoms with E-state index in [2.05, 4.69) is 5.32 Å². The van der Waals surface area contributed by atoms with Gasteiger partial charge in [0.1, 0.15) is 18.3 Å². The maximum Gasteiger partial charge on any atom is 0.264 e. The van der Waals surface area contributed by atoms with Crippen molar-refractivity contribution in [2.45, 2.75) is 37.8 Å². The fourth-order valence-electron chi connectivity index (χ4n) is 4.84. The maximum absolute atomic E-state index is 14.6. The molecule has 0 saturated heterocycles. The molecule has 0 fully saturated rings. The zero-order valence-electron chi connectivity index (χ0n) is 25.9. The van der Waals surface area contributed by atoms with Crippen molar-refractivity contribution in [1.82, 2.24) is 10.2 Å². The van der Waals surface area contributed by atoms with Gasteiger partial charge in [0.25, 0.3) is 10.0 Å². The van der Waals surface area contributed by atoms with Crippen LogP contribution in [0, 0.1) is 5.92 Å². The first kappa shape index (κ1) is 34.8. The Bertz CT molecular complexity index is 1720. The summed E-state index contributed by atoms with van der Waals surface area (Å²) >= 11 is 13.1. The highest BCUT2D eigenvalue weighted by Gasteiger charge is 2.35. The van der Waals surface area contributed by atoms with Crippen LogP contribution in [-0.4, -0.2) is 51.4 Å². The van der Waals surface area contributed by atoms with E-state index in [0.29, 0.717) is 27.9 Å². The molecule has 242 valence electrons. The van der Waals surface area contributed by atoms with Crippen molar-refractivity contribution < 1.29 is 22.7 Å². The smallest absolute Gasteiger partial charge is 0.264 e. The second kappa shape index (κ2) is 16.0. The van der Waals surface area contributed by atoms with Crippen LogP contribution in [0.15, 0.2) is 108 Å². The molecule has 0 radical (unpaired) electrons. The molecule has 0 heterocycles. The SMILES string of the molecule is COc1cccc(N(CC(=O)N(Cc2c(Cl)cccc2Cl)[C@H](Cc2ccccc2)C(=O)NCC(C)C)S(=O)(=O)c2ccccc2)c1. The van der Waals surface area contributed by atoms with Gasteiger partial charge in [0, 0.05) is 41.2 Å². The molecule has 2 amide bonds. The van der Waals surface area contributed by atoms with E-state index in [-0.39, 0.29) is 35.4 Å². The Hall–Kier alpha value is -4.05. The number of carbonyl (C=O) groups is 2. The molecule has 0 saturated carbocycles. The molecule has 0 aliphatic carbocycles. The second-order valence-corrected chi connectivity index (χ2v) is 13.8. The van der Waals surface area contributed by atoms with Crippen LogP contribution in [0.2, 0.25) is 10.0 Å². The second-order valence-electron chi connectivity index (χ2n) is 11.1. The Labute approximate surface area is 280 Å². The van der Waals surface area contributed by atoms with E-state index in [0.717, 1.165) is 9.87 Å². The van der Waals surface area contributed by atoms with E-state index in [4.69, 9.17) is 27.9 Å². The summed E-state index contributed by atoms with van der Waals surface area (Å²) in [5.74, 6) is -0.442. The van der Waals surface area contributed by atoms with Gasteiger partial charge >= 0.3 is 0 Å². The number of carbonyl (C=O) groups excluding carboxylic acids is 2. The number of sulfonamides is 1. The third-order valence-corrected chi connectivity index (χ3v) is 9.79.